The molecule has 2 heterocycles. The van der Waals surface area contributed by atoms with Crippen LogP contribution in [-0.2, 0) is 4.74 Å². The Balaban J connectivity index is 2.05. The maximum atomic E-state index is 9.07. The molecule has 0 aromatic carbocycles. The molecule has 3 nitrogen and oxygen atoms in total. The molecule has 84 valence electrons. The molecule has 1 aromatic rings. The summed E-state index contributed by atoms with van der Waals surface area (Å²) in [6.45, 7) is 3.95. The molecule has 1 atom stereocenters. The third-order valence-corrected chi connectivity index (χ3v) is 4.26. The summed E-state index contributed by atoms with van der Waals surface area (Å²) in [6, 6.07) is 0. The highest BCUT2D eigenvalue weighted by Crippen LogP contribution is 2.32. The Bertz CT molecular complexity index is 307. The smallest absolute Gasteiger partial charge is 0.0960 e. The molecular weight excluding hydrogens is 210 g/mol. The van der Waals surface area contributed by atoms with Crippen molar-refractivity contribution < 1.29 is 9.84 Å². The lowest BCUT2D eigenvalue weighted by atomic mass is 10.0. The van der Waals surface area contributed by atoms with E-state index in [0.717, 1.165) is 26.1 Å². The molecule has 1 saturated heterocycles. The molecule has 1 aliphatic heterocycles. The Morgan fingerprint density at radius 2 is 2.33 bits per heavy atom. The van der Waals surface area contributed by atoms with Crippen LogP contribution in [-0.4, -0.2) is 29.9 Å². The quantitative estimate of drug-likeness (QED) is 0.860. The van der Waals surface area contributed by atoms with Crippen molar-refractivity contribution in [1.29, 1.82) is 0 Å². The topological polar surface area (TPSA) is 42.4 Å². The second-order valence-electron chi connectivity index (χ2n) is 4.07. The SMILES string of the molecule is CC(CO)c1cnc(C2CCOCC2)s1. The normalized spacial score (nSPS) is 20.4. The fraction of sp³-hybridized carbons (Fsp3) is 0.727. The van der Waals surface area contributed by atoms with Gasteiger partial charge in [-0.1, -0.05) is 6.92 Å². The zero-order valence-corrected chi connectivity index (χ0v) is 9.80. The molecule has 1 fully saturated rings. The van der Waals surface area contributed by atoms with E-state index >= 15 is 0 Å². The van der Waals surface area contributed by atoms with Gasteiger partial charge in [0, 0.05) is 36.1 Å². The molecule has 0 aliphatic carbocycles. The second kappa shape index (κ2) is 5.05. The average Bonchev–Trinajstić information content (AvgIpc) is 2.78. The van der Waals surface area contributed by atoms with Gasteiger partial charge in [-0.3, -0.25) is 0 Å². The number of thiazole rings is 1. The average molecular weight is 227 g/mol. The summed E-state index contributed by atoms with van der Waals surface area (Å²) in [5, 5.41) is 10.3. The predicted octanol–water partition coefficient (Wildman–Crippen LogP) is 2.13. The Kier molecular flexibility index (Phi) is 3.72. The van der Waals surface area contributed by atoms with Crippen LogP contribution in [0.4, 0.5) is 0 Å². The molecule has 0 spiro atoms. The van der Waals surface area contributed by atoms with E-state index in [-0.39, 0.29) is 12.5 Å². The standard InChI is InChI=1S/C11H17NO2S/c1-8(7-13)10-6-12-11(15-10)9-2-4-14-5-3-9/h6,8-9,13H,2-5,7H2,1H3. The molecule has 0 amide bonds. The van der Waals surface area contributed by atoms with Crippen LogP contribution >= 0.6 is 11.3 Å². The number of aliphatic hydroxyl groups is 1. The summed E-state index contributed by atoms with van der Waals surface area (Å²) in [4.78, 5) is 5.65. The first-order chi connectivity index (χ1) is 7.31. The second-order valence-corrected chi connectivity index (χ2v) is 5.16. The molecule has 15 heavy (non-hydrogen) atoms. The number of rotatable bonds is 3. The zero-order chi connectivity index (χ0) is 10.7. The minimum absolute atomic E-state index is 0.204. The number of nitrogens with zero attached hydrogens (tertiary/aromatic N) is 1. The van der Waals surface area contributed by atoms with Crippen LogP contribution in [0.25, 0.3) is 0 Å². The maximum Gasteiger partial charge on any atom is 0.0960 e. The minimum atomic E-state index is 0.204. The maximum absolute atomic E-state index is 9.07. The van der Waals surface area contributed by atoms with E-state index in [1.54, 1.807) is 11.3 Å². The van der Waals surface area contributed by atoms with Crippen molar-refractivity contribution in [2.75, 3.05) is 19.8 Å². The van der Waals surface area contributed by atoms with Gasteiger partial charge < -0.3 is 9.84 Å². The summed E-state index contributed by atoms with van der Waals surface area (Å²) in [7, 11) is 0. The minimum Gasteiger partial charge on any atom is -0.396 e. The number of aliphatic hydroxyl groups excluding tert-OH is 1. The van der Waals surface area contributed by atoms with Gasteiger partial charge in [0.05, 0.1) is 11.6 Å². The highest BCUT2D eigenvalue weighted by Gasteiger charge is 2.20. The highest BCUT2D eigenvalue weighted by atomic mass is 32.1. The molecule has 1 N–H and O–H groups in total. The monoisotopic (exact) mass is 227 g/mol. The van der Waals surface area contributed by atoms with E-state index in [1.165, 1.54) is 9.88 Å². The first-order valence-corrected chi connectivity index (χ1v) is 6.27. The van der Waals surface area contributed by atoms with Crippen molar-refractivity contribution in [2.24, 2.45) is 0 Å². The molecule has 4 heteroatoms. The molecular formula is C11H17NO2S. The van der Waals surface area contributed by atoms with Crippen LogP contribution < -0.4 is 0 Å². The molecule has 0 bridgehead atoms. The van der Waals surface area contributed by atoms with Crippen molar-refractivity contribution >= 4 is 11.3 Å². The van der Waals surface area contributed by atoms with E-state index in [1.807, 2.05) is 13.1 Å². The van der Waals surface area contributed by atoms with E-state index < -0.39 is 0 Å². The Morgan fingerprint density at radius 3 is 3.00 bits per heavy atom. The first kappa shape index (κ1) is 11.0. The summed E-state index contributed by atoms with van der Waals surface area (Å²) in [5.74, 6) is 0.791. The summed E-state index contributed by atoms with van der Waals surface area (Å²) < 4.78 is 5.33. The van der Waals surface area contributed by atoms with Crippen LogP contribution in [0.2, 0.25) is 0 Å². The fourth-order valence-electron chi connectivity index (χ4n) is 1.75. The highest BCUT2D eigenvalue weighted by molar-refractivity contribution is 7.11. The molecule has 0 radical (unpaired) electrons. The van der Waals surface area contributed by atoms with Crippen LogP contribution in [0.15, 0.2) is 6.20 Å². The van der Waals surface area contributed by atoms with Crippen LogP contribution in [0, 0.1) is 0 Å². The van der Waals surface area contributed by atoms with E-state index in [4.69, 9.17) is 9.84 Å². The van der Waals surface area contributed by atoms with Crippen LogP contribution in [0.5, 0.6) is 0 Å². The molecule has 1 aliphatic rings. The lowest BCUT2D eigenvalue weighted by Gasteiger charge is -2.19. The predicted molar refractivity (Wildman–Crippen MR) is 60.4 cm³/mol. The molecule has 0 saturated carbocycles. The van der Waals surface area contributed by atoms with E-state index in [0.29, 0.717) is 5.92 Å². The summed E-state index contributed by atoms with van der Waals surface area (Å²) in [6.07, 6.45) is 4.08. The van der Waals surface area contributed by atoms with Gasteiger partial charge in [-0.15, -0.1) is 11.3 Å². The van der Waals surface area contributed by atoms with Crippen molar-refractivity contribution in [3.8, 4) is 0 Å². The largest absolute Gasteiger partial charge is 0.396 e. The van der Waals surface area contributed by atoms with Gasteiger partial charge in [-0.25, -0.2) is 4.98 Å². The first-order valence-electron chi connectivity index (χ1n) is 5.45. The van der Waals surface area contributed by atoms with E-state index in [9.17, 15) is 0 Å². The van der Waals surface area contributed by atoms with Gasteiger partial charge >= 0.3 is 0 Å². The Hall–Kier alpha value is -0.450. The lowest BCUT2D eigenvalue weighted by Crippen LogP contribution is -2.13. The zero-order valence-electron chi connectivity index (χ0n) is 8.98. The van der Waals surface area contributed by atoms with E-state index in [2.05, 4.69) is 4.98 Å². The Morgan fingerprint density at radius 1 is 1.60 bits per heavy atom. The fourth-order valence-corrected chi connectivity index (χ4v) is 2.88. The van der Waals surface area contributed by atoms with Gasteiger partial charge in [-0.05, 0) is 12.8 Å². The van der Waals surface area contributed by atoms with Crippen LogP contribution in [0.3, 0.4) is 0 Å². The van der Waals surface area contributed by atoms with Gasteiger partial charge in [-0.2, -0.15) is 0 Å². The molecule has 1 unspecified atom stereocenters. The van der Waals surface area contributed by atoms with Gasteiger partial charge in [0.1, 0.15) is 0 Å². The van der Waals surface area contributed by atoms with Crippen LogP contribution in [0.1, 0.15) is 41.5 Å². The number of ether oxygens (including phenoxy) is 1. The van der Waals surface area contributed by atoms with Gasteiger partial charge in [0.25, 0.3) is 0 Å². The Labute approximate surface area is 94.1 Å². The third kappa shape index (κ3) is 2.56. The summed E-state index contributed by atoms with van der Waals surface area (Å²) >= 11 is 1.75. The van der Waals surface area contributed by atoms with Crippen molar-refractivity contribution in [1.82, 2.24) is 4.98 Å². The van der Waals surface area contributed by atoms with Crippen molar-refractivity contribution in [3.63, 3.8) is 0 Å². The lowest BCUT2D eigenvalue weighted by molar-refractivity contribution is 0.0853. The number of aromatic nitrogens is 1. The van der Waals surface area contributed by atoms with Crippen molar-refractivity contribution in [3.05, 3.63) is 16.1 Å². The third-order valence-electron chi connectivity index (χ3n) is 2.87. The number of hydrogen-bond acceptors (Lipinski definition) is 4. The van der Waals surface area contributed by atoms with Crippen molar-refractivity contribution in [2.45, 2.75) is 31.6 Å². The van der Waals surface area contributed by atoms with Gasteiger partial charge in [0.2, 0.25) is 0 Å². The van der Waals surface area contributed by atoms with Gasteiger partial charge in [0.15, 0.2) is 0 Å². The molecule has 2 rings (SSSR count). The number of hydrogen-bond donors (Lipinski definition) is 1. The molecule has 1 aromatic heterocycles. The summed E-state index contributed by atoms with van der Waals surface area (Å²) in [5.41, 5.74) is 0.